The maximum Gasteiger partial charge on any atom is 0.135 e. The second kappa shape index (κ2) is 6.47. The van der Waals surface area contributed by atoms with E-state index in [0.29, 0.717) is 0 Å². The van der Waals surface area contributed by atoms with E-state index in [9.17, 15) is 0 Å². The van der Waals surface area contributed by atoms with Crippen molar-refractivity contribution in [2.75, 3.05) is 0 Å². The minimum atomic E-state index is -0.0447. The molecule has 1 unspecified atom stereocenters. The molecule has 1 aromatic heterocycles. The lowest BCUT2D eigenvalue weighted by Gasteiger charge is -2.27. The smallest absolute Gasteiger partial charge is 0.135 e. The molecule has 0 N–H and O–H groups in total. The molecule has 5 aromatic rings. The molecule has 1 nitrogen and oxygen atoms in total. The van der Waals surface area contributed by atoms with E-state index in [1.807, 2.05) is 12.1 Å². The van der Waals surface area contributed by atoms with Crippen LogP contribution in [-0.4, -0.2) is 0 Å². The summed E-state index contributed by atoms with van der Waals surface area (Å²) < 4.78 is 6.05. The Labute approximate surface area is 175 Å². The maximum atomic E-state index is 6.05. The summed E-state index contributed by atoms with van der Waals surface area (Å²) in [6.07, 6.45) is 5.57. The zero-order valence-electron chi connectivity index (χ0n) is 16.9. The van der Waals surface area contributed by atoms with Gasteiger partial charge in [0.15, 0.2) is 0 Å². The van der Waals surface area contributed by atoms with Gasteiger partial charge in [-0.1, -0.05) is 97.9 Å². The monoisotopic (exact) mass is 386 g/mol. The summed E-state index contributed by atoms with van der Waals surface area (Å²) in [5.41, 5.74) is 5.79. The highest BCUT2D eigenvalue weighted by atomic mass is 16.3. The van der Waals surface area contributed by atoms with E-state index in [-0.39, 0.29) is 5.41 Å². The van der Waals surface area contributed by atoms with E-state index >= 15 is 0 Å². The topological polar surface area (TPSA) is 13.1 Å². The Morgan fingerprint density at radius 1 is 0.733 bits per heavy atom. The van der Waals surface area contributed by atoms with E-state index in [1.54, 1.807) is 0 Å². The average molecular weight is 386 g/mol. The summed E-state index contributed by atoms with van der Waals surface area (Å²) in [7, 11) is 0. The molecule has 1 aliphatic rings. The van der Waals surface area contributed by atoms with Gasteiger partial charge in [0, 0.05) is 16.0 Å². The first-order chi connectivity index (χ1) is 14.7. The number of fused-ring (bicyclic) bond motifs is 4. The summed E-state index contributed by atoms with van der Waals surface area (Å²) in [4.78, 5) is 0. The molecular formula is C29H22O. The van der Waals surface area contributed by atoms with Crippen molar-refractivity contribution < 1.29 is 4.42 Å². The van der Waals surface area contributed by atoms with Gasteiger partial charge in [-0.2, -0.15) is 0 Å². The van der Waals surface area contributed by atoms with Crippen molar-refractivity contribution in [3.8, 4) is 11.1 Å². The second-order valence-electron chi connectivity index (χ2n) is 8.45. The third kappa shape index (κ3) is 2.63. The van der Waals surface area contributed by atoms with Gasteiger partial charge < -0.3 is 4.42 Å². The van der Waals surface area contributed by atoms with E-state index in [0.717, 1.165) is 17.4 Å². The van der Waals surface area contributed by atoms with Gasteiger partial charge in [0.05, 0.1) is 0 Å². The third-order valence-corrected chi connectivity index (χ3v) is 6.48. The van der Waals surface area contributed by atoms with Gasteiger partial charge in [0.1, 0.15) is 11.0 Å². The van der Waals surface area contributed by atoms with E-state index in [1.165, 1.54) is 38.1 Å². The highest BCUT2D eigenvalue weighted by Gasteiger charge is 2.26. The van der Waals surface area contributed by atoms with Gasteiger partial charge in [-0.3, -0.25) is 0 Å². The fraction of sp³-hybridized carbons (Fsp3) is 0.103. The number of hydrogen-bond donors (Lipinski definition) is 0. The summed E-state index contributed by atoms with van der Waals surface area (Å²) >= 11 is 0. The van der Waals surface area contributed by atoms with Crippen molar-refractivity contribution in [1.82, 2.24) is 0 Å². The minimum absolute atomic E-state index is 0.0447. The van der Waals surface area contributed by atoms with Crippen LogP contribution in [0.25, 0.3) is 45.0 Å². The standard InChI is InChI=1S/C29H22O/c1-29(18-17-28-26(19-29)25-10-4-5-12-27(25)30-28)22-15-13-21(14-16-22)24-11-6-8-20-7-2-3-9-23(20)24/h2-17,19H,18H2,1H3. The summed E-state index contributed by atoms with van der Waals surface area (Å²) in [5, 5.41) is 4.99. The largest absolute Gasteiger partial charge is 0.456 e. The van der Waals surface area contributed by atoms with E-state index in [2.05, 4.69) is 97.9 Å². The van der Waals surface area contributed by atoms with Crippen LogP contribution in [-0.2, 0) is 5.41 Å². The van der Waals surface area contributed by atoms with Crippen molar-refractivity contribution in [2.24, 2.45) is 0 Å². The predicted octanol–water partition coefficient (Wildman–Crippen LogP) is 6.18. The average Bonchev–Trinajstić information content (AvgIpc) is 3.16. The minimum Gasteiger partial charge on any atom is -0.456 e. The number of hydrogen-bond acceptors (Lipinski definition) is 1. The number of furan rings is 1. The molecule has 0 saturated carbocycles. The second-order valence-corrected chi connectivity index (χ2v) is 8.45. The molecule has 0 amide bonds. The molecule has 1 heterocycles. The SMILES string of the molecule is CC1(c2ccc(-c3cccc4ccccc34)cc2)C=c2c(oc3ccccc23)=CC1. The predicted molar refractivity (Wildman–Crippen MR) is 126 cm³/mol. The lowest BCUT2D eigenvalue weighted by molar-refractivity contribution is 0.558. The Bertz CT molecular complexity index is 1510. The van der Waals surface area contributed by atoms with Crippen LogP contribution < -0.4 is 10.6 Å². The van der Waals surface area contributed by atoms with Crippen molar-refractivity contribution in [3.63, 3.8) is 0 Å². The molecule has 0 aliphatic heterocycles. The van der Waals surface area contributed by atoms with E-state index < -0.39 is 0 Å². The van der Waals surface area contributed by atoms with Gasteiger partial charge in [-0.15, -0.1) is 0 Å². The van der Waals surface area contributed by atoms with Crippen LogP contribution in [0.3, 0.4) is 0 Å². The van der Waals surface area contributed by atoms with Gasteiger partial charge in [0.25, 0.3) is 0 Å². The Kier molecular flexibility index (Phi) is 3.73. The van der Waals surface area contributed by atoms with Gasteiger partial charge in [-0.25, -0.2) is 0 Å². The molecule has 30 heavy (non-hydrogen) atoms. The van der Waals surface area contributed by atoms with Gasteiger partial charge in [-0.05, 0) is 46.0 Å². The first-order valence-electron chi connectivity index (χ1n) is 10.5. The first kappa shape index (κ1) is 17.3. The highest BCUT2D eigenvalue weighted by molar-refractivity contribution is 5.96. The third-order valence-electron chi connectivity index (χ3n) is 6.48. The van der Waals surface area contributed by atoms with Gasteiger partial charge in [0.2, 0.25) is 0 Å². The fourth-order valence-electron chi connectivity index (χ4n) is 4.78. The molecule has 0 spiro atoms. The quantitative estimate of drug-likeness (QED) is 0.353. The Balaban J connectivity index is 1.45. The molecule has 4 aromatic carbocycles. The Hall–Kier alpha value is -3.58. The summed E-state index contributed by atoms with van der Waals surface area (Å²) in [5.74, 6) is 0. The van der Waals surface area contributed by atoms with Crippen LogP contribution in [0.4, 0.5) is 0 Å². The molecule has 6 rings (SSSR count). The first-order valence-corrected chi connectivity index (χ1v) is 10.5. The normalized spacial score (nSPS) is 18.0. The van der Waals surface area contributed by atoms with Crippen LogP contribution in [0.15, 0.2) is 95.4 Å². The van der Waals surface area contributed by atoms with Crippen LogP contribution in [0.1, 0.15) is 18.9 Å². The molecule has 1 atom stereocenters. The zero-order valence-corrected chi connectivity index (χ0v) is 16.9. The molecule has 0 bridgehead atoms. The molecule has 1 aliphatic carbocycles. The Morgan fingerprint density at radius 3 is 2.33 bits per heavy atom. The van der Waals surface area contributed by atoms with Crippen LogP contribution in [0, 0.1) is 0 Å². The lowest BCUT2D eigenvalue weighted by Crippen LogP contribution is -2.32. The van der Waals surface area contributed by atoms with Crippen LogP contribution in [0.5, 0.6) is 0 Å². The zero-order chi connectivity index (χ0) is 20.1. The number of rotatable bonds is 2. The van der Waals surface area contributed by atoms with Crippen molar-refractivity contribution in [1.29, 1.82) is 0 Å². The van der Waals surface area contributed by atoms with Gasteiger partial charge >= 0.3 is 0 Å². The molecular weight excluding hydrogens is 364 g/mol. The summed E-state index contributed by atoms with van der Waals surface area (Å²) in [6.45, 7) is 2.32. The lowest BCUT2D eigenvalue weighted by atomic mass is 9.76. The van der Waals surface area contributed by atoms with Crippen molar-refractivity contribution in [2.45, 2.75) is 18.8 Å². The fourth-order valence-corrected chi connectivity index (χ4v) is 4.78. The molecule has 0 fully saturated rings. The van der Waals surface area contributed by atoms with Crippen molar-refractivity contribution >= 4 is 33.9 Å². The molecule has 144 valence electrons. The molecule has 1 heteroatoms. The molecule has 0 radical (unpaired) electrons. The summed E-state index contributed by atoms with van der Waals surface area (Å²) in [6, 6.07) is 32.5. The van der Waals surface area contributed by atoms with Crippen molar-refractivity contribution in [3.05, 3.63) is 107 Å². The molecule has 0 saturated heterocycles. The number of para-hydroxylation sites is 1. The van der Waals surface area contributed by atoms with E-state index in [4.69, 9.17) is 4.42 Å². The Morgan fingerprint density at radius 2 is 1.47 bits per heavy atom. The van der Waals surface area contributed by atoms with Crippen LogP contribution in [0.2, 0.25) is 0 Å². The maximum absolute atomic E-state index is 6.05. The highest BCUT2D eigenvalue weighted by Crippen LogP contribution is 2.34. The number of benzene rings is 4. The van der Waals surface area contributed by atoms with Crippen LogP contribution >= 0.6 is 0 Å².